The standard InChI is InChI=1S/C12H9NO4/c1-7-4-8(5-13-11(7)12(15)16)10-3-2-9(6-14)17-10/h2-6H,1H3,(H,15,16). The first-order chi connectivity index (χ1) is 8.11. The molecule has 0 radical (unpaired) electrons. The molecule has 5 nitrogen and oxygen atoms in total. The molecule has 0 fully saturated rings. The molecule has 2 aromatic rings. The second-order valence-electron chi connectivity index (χ2n) is 3.51. The van der Waals surface area contributed by atoms with Crippen LogP contribution in [0.15, 0.2) is 28.8 Å². The van der Waals surface area contributed by atoms with Crippen molar-refractivity contribution in [2.75, 3.05) is 0 Å². The summed E-state index contributed by atoms with van der Waals surface area (Å²) in [4.78, 5) is 25.1. The molecule has 0 saturated heterocycles. The molecule has 5 heteroatoms. The smallest absolute Gasteiger partial charge is 0.354 e. The van der Waals surface area contributed by atoms with Gasteiger partial charge in [-0.15, -0.1) is 0 Å². The molecule has 0 aliphatic rings. The van der Waals surface area contributed by atoms with Gasteiger partial charge in [0, 0.05) is 11.8 Å². The highest BCUT2D eigenvalue weighted by atomic mass is 16.4. The molecular weight excluding hydrogens is 222 g/mol. The molecule has 0 saturated carbocycles. The number of carboxylic acids is 1. The van der Waals surface area contributed by atoms with Crippen LogP contribution in [-0.2, 0) is 0 Å². The first kappa shape index (κ1) is 11.1. The maximum atomic E-state index is 10.8. The van der Waals surface area contributed by atoms with Crippen LogP contribution >= 0.6 is 0 Å². The number of aromatic carboxylic acids is 1. The molecule has 86 valence electrons. The van der Waals surface area contributed by atoms with Crippen molar-refractivity contribution in [2.45, 2.75) is 6.92 Å². The highest BCUT2D eigenvalue weighted by molar-refractivity contribution is 5.87. The van der Waals surface area contributed by atoms with Gasteiger partial charge in [0.05, 0.1) is 0 Å². The van der Waals surface area contributed by atoms with E-state index in [1.807, 2.05) is 0 Å². The third-order valence-electron chi connectivity index (χ3n) is 2.31. The number of aldehydes is 1. The number of carboxylic acid groups (broad SMARTS) is 1. The zero-order chi connectivity index (χ0) is 12.4. The van der Waals surface area contributed by atoms with Crippen LogP contribution in [0.4, 0.5) is 0 Å². The van der Waals surface area contributed by atoms with Gasteiger partial charge in [-0.1, -0.05) is 0 Å². The Morgan fingerprint density at radius 2 is 2.24 bits per heavy atom. The summed E-state index contributed by atoms with van der Waals surface area (Å²) < 4.78 is 5.22. The maximum absolute atomic E-state index is 10.8. The van der Waals surface area contributed by atoms with Gasteiger partial charge in [0.2, 0.25) is 0 Å². The Hall–Kier alpha value is -2.43. The van der Waals surface area contributed by atoms with Gasteiger partial charge in [-0.2, -0.15) is 0 Å². The van der Waals surface area contributed by atoms with Gasteiger partial charge in [0.25, 0.3) is 0 Å². The average Bonchev–Trinajstić information content (AvgIpc) is 2.76. The number of pyridine rings is 1. The number of nitrogens with zero attached hydrogens (tertiary/aromatic N) is 1. The third-order valence-corrected chi connectivity index (χ3v) is 2.31. The number of furan rings is 1. The fourth-order valence-electron chi connectivity index (χ4n) is 1.50. The van der Waals surface area contributed by atoms with Crippen molar-refractivity contribution in [1.29, 1.82) is 0 Å². The predicted molar refractivity (Wildman–Crippen MR) is 59.0 cm³/mol. The van der Waals surface area contributed by atoms with Crippen LogP contribution in [0.5, 0.6) is 0 Å². The van der Waals surface area contributed by atoms with Gasteiger partial charge in [0.1, 0.15) is 5.76 Å². The lowest BCUT2D eigenvalue weighted by Gasteiger charge is -2.01. The van der Waals surface area contributed by atoms with Gasteiger partial charge in [-0.25, -0.2) is 9.78 Å². The fourth-order valence-corrected chi connectivity index (χ4v) is 1.50. The predicted octanol–water partition coefficient (Wildman–Crippen LogP) is 2.16. The van der Waals surface area contributed by atoms with E-state index in [2.05, 4.69) is 4.98 Å². The number of hydrogen-bond acceptors (Lipinski definition) is 4. The van der Waals surface area contributed by atoms with Gasteiger partial charge in [-0.05, 0) is 30.7 Å². The Kier molecular flexibility index (Phi) is 2.74. The molecule has 0 aromatic carbocycles. The van der Waals surface area contributed by atoms with Crippen molar-refractivity contribution >= 4 is 12.3 Å². The van der Waals surface area contributed by atoms with Crippen molar-refractivity contribution in [3.05, 3.63) is 41.4 Å². The van der Waals surface area contributed by atoms with Crippen LogP contribution in [0, 0.1) is 6.92 Å². The number of hydrogen-bond donors (Lipinski definition) is 1. The van der Waals surface area contributed by atoms with E-state index in [9.17, 15) is 9.59 Å². The van der Waals surface area contributed by atoms with Gasteiger partial charge >= 0.3 is 5.97 Å². The van der Waals surface area contributed by atoms with E-state index < -0.39 is 5.97 Å². The Morgan fingerprint density at radius 3 is 2.76 bits per heavy atom. The topological polar surface area (TPSA) is 80.4 Å². The average molecular weight is 231 g/mol. The van der Waals surface area contributed by atoms with E-state index in [4.69, 9.17) is 9.52 Å². The highest BCUT2D eigenvalue weighted by Gasteiger charge is 2.11. The van der Waals surface area contributed by atoms with Crippen LogP contribution in [0.25, 0.3) is 11.3 Å². The minimum atomic E-state index is -1.07. The zero-order valence-electron chi connectivity index (χ0n) is 9.01. The molecule has 0 bridgehead atoms. The second-order valence-corrected chi connectivity index (χ2v) is 3.51. The van der Waals surface area contributed by atoms with Crippen LogP contribution in [0.1, 0.15) is 26.6 Å². The molecular formula is C12H9NO4. The number of aromatic nitrogens is 1. The Bertz CT molecular complexity index is 586. The van der Waals surface area contributed by atoms with E-state index in [0.29, 0.717) is 23.2 Å². The number of carbonyl (C=O) groups is 2. The lowest BCUT2D eigenvalue weighted by atomic mass is 10.1. The summed E-state index contributed by atoms with van der Waals surface area (Å²) in [5.74, 6) is -0.360. The van der Waals surface area contributed by atoms with Crippen molar-refractivity contribution < 1.29 is 19.1 Å². The van der Waals surface area contributed by atoms with Gasteiger partial charge in [0.15, 0.2) is 17.7 Å². The summed E-state index contributed by atoms with van der Waals surface area (Å²) in [5.41, 5.74) is 1.19. The summed E-state index contributed by atoms with van der Waals surface area (Å²) in [6.07, 6.45) is 2.01. The molecule has 0 aliphatic heterocycles. The lowest BCUT2D eigenvalue weighted by molar-refractivity contribution is 0.0689. The number of rotatable bonds is 3. The lowest BCUT2D eigenvalue weighted by Crippen LogP contribution is -2.03. The fraction of sp³-hybridized carbons (Fsp3) is 0.0833. The summed E-state index contributed by atoms with van der Waals surface area (Å²) in [6, 6.07) is 4.84. The minimum Gasteiger partial charge on any atom is -0.477 e. The Labute approximate surface area is 96.7 Å². The van der Waals surface area contributed by atoms with Crippen LogP contribution < -0.4 is 0 Å². The summed E-state index contributed by atoms with van der Waals surface area (Å²) in [7, 11) is 0. The number of aryl methyl sites for hydroxylation is 1. The molecule has 2 rings (SSSR count). The molecule has 0 amide bonds. The van der Waals surface area contributed by atoms with Gasteiger partial charge < -0.3 is 9.52 Å². The highest BCUT2D eigenvalue weighted by Crippen LogP contribution is 2.22. The molecule has 0 unspecified atom stereocenters. The van der Waals surface area contributed by atoms with Gasteiger partial charge in [-0.3, -0.25) is 4.79 Å². The van der Waals surface area contributed by atoms with Crippen molar-refractivity contribution in [3.8, 4) is 11.3 Å². The maximum Gasteiger partial charge on any atom is 0.354 e. The van der Waals surface area contributed by atoms with E-state index in [-0.39, 0.29) is 11.5 Å². The molecule has 0 atom stereocenters. The largest absolute Gasteiger partial charge is 0.477 e. The van der Waals surface area contributed by atoms with Crippen molar-refractivity contribution in [2.24, 2.45) is 0 Å². The first-order valence-corrected chi connectivity index (χ1v) is 4.87. The van der Waals surface area contributed by atoms with Crippen molar-refractivity contribution in [3.63, 3.8) is 0 Å². The quantitative estimate of drug-likeness (QED) is 0.818. The Morgan fingerprint density at radius 1 is 1.47 bits per heavy atom. The molecule has 1 N–H and O–H groups in total. The SMILES string of the molecule is Cc1cc(-c2ccc(C=O)o2)cnc1C(=O)O. The first-order valence-electron chi connectivity index (χ1n) is 4.87. The second kappa shape index (κ2) is 4.21. The summed E-state index contributed by atoms with van der Waals surface area (Å²) in [5, 5.41) is 8.84. The molecule has 0 spiro atoms. The zero-order valence-corrected chi connectivity index (χ0v) is 9.01. The third kappa shape index (κ3) is 2.08. The molecule has 0 aliphatic carbocycles. The molecule has 2 heterocycles. The normalized spacial score (nSPS) is 10.2. The van der Waals surface area contributed by atoms with Crippen LogP contribution in [0.3, 0.4) is 0 Å². The van der Waals surface area contributed by atoms with Crippen LogP contribution in [-0.4, -0.2) is 22.3 Å². The minimum absolute atomic E-state index is 0.0101. The number of carbonyl (C=O) groups excluding carboxylic acids is 1. The van der Waals surface area contributed by atoms with E-state index >= 15 is 0 Å². The van der Waals surface area contributed by atoms with Crippen molar-refractivity contribution in [1.82, 2.24) is 4.98 Å². The van der Waals surface area contributed by atoms with E-state index in [0.717, 1.165) is 0 Å². The summed E-state index contributed by atoms with van der Waals surface area (Å²) in [6.45, 7) is 1.66. The van der Waals surface area contributed by atoms with Crippen LogP contribution in [0.2, 0.25) is 0 Å². The van der Waals surface area contributed by atoms with E-state index in [1.165, 1.54) is 6.20 Å². The van der Waals surface area contributed by atoms with E-state index in [1.54, 1.807) is 25.1 Å². The Balaban J connectivity index is 2.43. The summed E-state index contributed by atoms with van der Waals surface area (Å²) >= 11 is 0. The monoisotopic (exact) mass is 231 g/mol. The molecule has 2 aromatic heterocycles. The molecule has 17 heavy (non-hydrogen) atoms.